The van der Waals surface area contributed by atoms with Crippen molar-refractivity contribution in [2.75, 3.05) is 52.2 Å². The van der Waals surface area contributed by atoms with E-state index in [9.17, 15) is 4.79 Å². The van der Waals surface area contributed by atoms with Crippen LogP contribution in [0.5, 0.6) is 0 Å². The molecule has 1 saturated heterocycles. The molecule has 0 aromatic heterocycles. The molecule has 0 aliphatic carbocycles. The van der Waals surface area contributed by atoms with Gasteiger partial charge in [-0.1, -0.05) is 12.1 Å². The molecule has 1 aliphatic rings. The van der Waals surface area contributed by atoms with E-state index >= 15 is 0 Å². The Balaban J connectivity index is 2.18. The van der Waals surface area contributed by atoms with Gasteiger partial charge in [-0.05, 0) is 19.2 Å². The molecule has 1 aliphatic heterocycles. The number of rotatable bonds is 2. The average molecular weight is 247 g/mol. The molecule has 0 radical (unpaired) electrons. The van der Waals surface area contributed by atoms with Crippen molar-refractivity contribution in [2.45, 2.75) is 0 Å². The molecule has 1 fully saturated rings. The van der Waals surface area contributed by atoms with Gasteiger partial charge < -0.3 is 14.7 Å². The Bertz CT molecular complexity index is 423. The van der Waals surface area contributed by atoms with Gasteiger partial charge >= 0.3 is 0 Å². The molecule has 0 N–H and O–H groups in total. The summed E-state index contributed by atoms with van der Waals surface area (Å²) in [6.45, 7) is 3.54. The van der Waals surface area contributed by atoms with Gasteiger partial charge in [-0.25, -0.2) is 0 Å². The van der Waals surface area contributed by atoms with Gasteiger partial charge in [-0.15, -0.1) is 0 Å². The van der Waals surface area contributed by atoms with Crippen LogP contribution in [0.25, 0.3) is 0 Å². The fraction of sp³-hybridized carbons (Fsp3) is 0.500. The van der Waals surface area contributed by atoms with Crippen molar-refractivity contribution < 1.29 is 4.79 Å². The Kier molecular flexibility index (Phi) is 3.87. The zero-order chi connectivity index (χ0) is 13.1. The van der Waals surface area contributed by atoms with E-state index in [4.69, 9.17) is 0 Å². The molecule has 1 heterocycles. The number of hydrogen-bond acceptors (Lipinski definition) is 3. The quantitative estimate of drug-likeness (QED) is 0.784. The minimum Gasteiger partial charge on any atom is -0.377 e. The molecular weight excluding hydrogens is 226 g/mol. The number of carbonyl (C=O) groups is 1. The number of para-hydroxylation sites is 1. The first kappa shape index (κ1) is 12.9. The monoisotopic (exact) mass is 247 g/mol. The predicted octanol–water partition coefficient (Wildman–Crippen LogP) is 1.14. The lowest BCUT2D eigenvalue weighted by molar-refractivity contribution is 0.0665. The standard InChI is InChI=1S/C14H21N3O/c1-15(2)13-7-5-4-6-12(13)14(18)17-10-8-16(3)9-11-17/h4-7H,8-11H2,1-3H3. The van der Waals surface area contributed by atoms with Gasteiger partial charge in [0, 0.05) is 46.0 Å². The summed E-state index contributed by atoms with van der Waals surface area (Å²) >= 11 is 0. The first-order valence-electron chi connectivity index (χ1n) is 6.34. The predicted molar refractivity (Wildman–Crippen MR) is 74.2 cm³/mol. The van der Waals surface area contributed by atoms with Crippen molar-refractivity contribution in [1.82, 2.24) is 9.80 Å². The van der Waals surface area contributed by atoms with E-state index in [0.29, 0.717) is 0 Å². The second-order valence-electron chi connectivity index (χ2n) is 5.01. The zero-order valence-corrected chi connectivity index (χ0v) is 11.4. The van der Waals surface area contributed by atoms with Crippen LogP contribution in [-0.4, -0.2) is 63.0 Å². The second-order valence-corrected chi connectivity index (χ2v) is 5.01. The lowest BCUT2D eigenvalue weighted by atomic mass is 10.1. The molecule has 98 valence electrons. The highest BCUT2D eigenvalue weighted by Gasteiger charge is 2.22. The molecule has 4 nitrogen and oxygen atoms in total. The number of likely N-dealkylation sites (N-methyl/N-ethyl adjacent to an activating group) is 1. The summed E-state index contributed by atoms with van der Waals surface area (Å²) in [7, 11) is 6.03. The lowest BCUT2D eigenvalue weighted by Crippen LogP contribution is -2.47. The van der Waals surface area contributed by atoms with Gasteiger partial charge in [0.1, 0.15) is 0 Å². The first-order valence-corrected chi connectivity index (χ1v) is 6.34. The summed E-state index contributed by atoms with van der Waals surface area (Å²) in [6.07, 6.45) is 0. The highest BCUT2D eigenvalue weighted by Crippen LogP contribution is 2.20. The van der Waals surface area contributed by atoms with Crippen molar-refractivity contribution in [2.24, 2.45) is 0 Å². The largest absolute Gasteiger partial charge is 0.377 e. The number of hydrogen-bond donors (Lipinski definition) is 0. The van der Waals surface area contributed by atoms with Crippen LogP contribution < -0.4 is 4.90 Å². The Morgan fingerprint density at radius 1 is 1.11 bits per heavy atom. The smallest absolute Gasteiger partial charge is 0.256 e. The number of piperazine rings is 1. The van der Waals surface area contributed by atoms with Crippen LogP contribution >= 0.6 is 0 Å². The van der Waals surface area contributed by atoms with Gasteiger partial charge in [0.05, 0.1) is 5.56 Å². The summed E-state index contributed by atoms with van der Waals surface area (Å²) in [5.74, 6) is 0.146. The van der Waals surface area contributed by atoms with Crippen molar-refractivity contribution in [3.63, 3.8) is 0 Å². The zero-order valence-electron chi connectivity index (χ0n) is 11.4. The molecule has 4 heteroatoms. The van der Waals surface area contributed by atoms with Gasteiger partial charge in [-0.2, -0.15) is 0 Å². The number of benzene rings is 1. The van der Waals surface area contributed by atoms with Gasteiger partial charge in [-0.3, -0.25) is 4.79 Å². The van der Waals surface area contributed by atoms with E-state index in [1.807, 2.05) is 48.2 Å². The maximum Gasteiger partial charge on any atom is 0.256 e. The highest BCUT2D eigenvalue weighted by molar-refractivity contribution is 5.99. The molecule has 0 bridgehead atoms. The summed E-state index contributed by atoms with van der Waals surface area (Å²) < 4.78 is 0. The van der Waals surface area contributed by atoms with Crippen LogP contribution in [0.2, 0.25) is 0 Å². The average Bonchev–Trinajstić information content (AvgIpc) is 2.39. The molecule has 1 aromatic carbocycles. The Morgan fingerprint density at radius 2 is 1.72 bits per heavy atom. The topological polar surface area (TPSA) is 26.8 Å². The van der Waals surface area contributed by atoms with Crippen molar-refractivity contribution >= 4 is 11.6 Å². The van der Waals surface area contributed by atoms with E-state index in [1.54, 1.807) is 0 Å². The van der Waals surface area contributed by atoms with Crippen LogP contribution in [0.3, 0.4) is 0 Å². The van der Waals surface area contributed by atoms with Gasteiger partial charge in [0.15, 0.2) is 0 Å². The van der Waals surface area contributed by atoms with Crippen LogP contribution in [-0.2, 0) is 0 Å². The molecule has 1 aromatic rings. The molecular formula is C14H21N3O. The molecule has 1 amide bonds. The Labute approximate surface area is 109 Å². The minimum absolute atomic E-state index is 0.146. The summed E-state index contributed by atoms with van der Waals surface area (Å²) in [4.78, 5) is 18.7. The Hall–Kier alpha value is -1.55. The minimum atomic E-state index is 0.146. The normalized spacial score (nSPS) is 16.7. The fourth-order valence-electron chi connectivity index (χ4n) is 2.22. The highest BCUT2D eigenvalue weighted by atomic mass is 16.2. The van der Waals surface area contributed by atoms with E-state index < -0.39 is 0 Å². The third kappa shape index (κ3) is 2.64. The number of carbonyl (C=O) groups excluding carboxylic acids is 1. The third-order valence-electron chi connectivity index (χ3n) is 3.41. The van der Waals surface area contributed by atoms with Crippen molar-refractivity contribution in [1.29, 1.82) is 0 Å². The maximum absolute atomic E-state index is 12.5. The SMILES string of the molecule is CN1CCN(C(=O)c2ccccc2N(C)C)CC1. The molecule has 18 heavy (non-hydrogen) atoms. The molecule has 0 spiro atoms. The molecule has 2 rings (SSSR count). The molecule has 0 saturated carbocycles. The maximum atomic E-state index is 12.5. The second kappa shape index (κ2) is 5.40. The number of amides is 1. The summed E-state index contributed by atoms with van der Waals surface area (Å²) in [5.41, 5.74) is 1.79. The van der Waals surface area contributed by atoms with E-state index in [2.05, 4.69) is 11.9 Å². The van der Waals surface area contributed by atoms with Crippen LogP contribution in [0, 0.1) is 0 Å². The van der Waals surface area contributed by atoms with Gasteiger partial charge in [0.2, 0.25) is 0 Å². The molecule has 0 atom stereocenters. The first-order chi connectivity index (χ1) is 8.59. The van der Waals surface area contributed by atoms with Crippen LogP contribution in [0.4, 0.5) is 5.69 Å². The lowest BCUT2D eigenvalue weighted by Gasteiger charge is -2.33. The van der Waals surface area contributed by atoms with E-state index in [0.717, 1.165) is 37.4 Å². The van der Waals surface area contributed by atoms with E-state index in [1.165, 1.54) is 0 Å². The summed E-state index contributed by atoms with van der Waals surface area (Å²) in [5, 5.41) is 0. The number of anilines is 1. The van der Waals surface area contributed by atoms with Gasteiger partial charge in [0.25, 0.3) is 5.91 Å². The Morgan fingerprint density at radius 3 is 2.33 bits per heavy atom. The fourth-order valence-corrected chi connectivity index (χ4v) is 2.22. The summed E-state index contributed by atoms with van der Waals surface area (Å²) in [6, 6.07) is 7.80. The van der Waals surface area contributed by atoms with Crippen LogP contribution in [0.1, 0.15) is 10.4 Å². The van der Waals surface area contributed by atoms with Crippen LogP contribution in [0.15, 0.2) is 24.3 Å². The van der Waals surface area contributed by atoms with Crippen molar-refractivity contribution in [3.05, 3.63) is 29.8 Å². The third-order valence-corrected chi connectivity index (χ3v) is 3.41. The van der Waals surface area contributed by atoms with E-state index in [-0.39, 0.29) is 5.91 Å². The molecule has 0 unspecified atom stereocenters. The van der Waals surface area contributed by atoms with Crippen molar-refractivity contribution in [3.8, 4) is 0 Å². The number of nitrogens with zero attached hydrogens (tertiary/aromatic N) is 3.